The molecule has 18 heavy (non-hydrogen) atoms. The van der Waals surface area contributed by atoms with E-state index < -0.39 is 32.2 Å². The number of halogens is 2. The summed E-state index contributed by atoms with van der Waals surface area (Å²) in [5.41, 5.74) is -1.01. The maximum absolute atomic E-state index is 13.5. The first-order valence-electron chi connectivity index (χ1n) is 4.95. The average Bonchev–Trinajstić information content (AvgIpc) is 2.47. The van der Waals surface area contributed by atoms with Gasteiger partial charge in [0.15, 0.2) is 0 Å². The lowest BCUT2D eigenvalue weighted by molar-refractivity contribution is -0.388. The van der Waals surface area contributed by atoms with Gasteiger partial charge in [0, 0.05) is 12.6 Å². The lowest BCUT2D eigenvalue weighted by Gasteiger charge is -2.16. The molecule has 0 atom stereocenters. The molecule has 0 fully saturated rings. The van der Waals surface area contributed by atoms with Crippen LogP contribution in [0.5, 0.6) is 0 Å². The summed E-state index contributed by atoms with van der Waals surface area (Å²) in [5, 5.41) is 10.7. The molecule has 0 unspecified atom stereocenters. The minimum atomic E-state index is -3.71. The molecule has 0 N–H and O–H groups in total. The molecule has 2 rings (SSSR count). The van der Waals surface area contributed by atoms with Crippen LogP contribution in [0.4, 0.5) is 15.8 Å². The largest absolute Gasteiger partial charge is 0.311 e. The number of nitro groups is 1. The molecule has 0 aromatic heterocycles. The molecule has 98 valence electrons. The Kier molecular flexibility index (Phi) is 2.94. The highest BCUT2D eigenvalue weighted by Gasteiger charge is 2.41. The Morgan fingerprint density at radius 3 is 2.72 bits per heavy atom. The normalized spacial score (nSPS) is 16.7. The predicted molar refractivity (Wildman–Crippen MR) is 63.7 cm³/mol. The highest BCUT2D eigenvalue weighted by molar-refractivity contribution is 7.92. The fraction of sp³-hybridized carbons (Fsp3) is 0.333. The zero-order valence-corrected chi connectivity index (χ0v) is 10.8. The van der Waals surface area contributed by atoms with Gasteiger partial charge in [-0.1, -0.05) is 11.6 Å². The van der Waals surface area contributed by atoms with E-state index >= 15 is 0 Å². The minimum Gasteiger partial charge on any atom is -0.268 e. The number of anilines is 1. The third-order valence-electron chi connectivity index (χ3n) is 2.66. The molecular formula is C9H8ClFN2O4S. The van der Waals surface area contributed by atoms with Crippen LogP contribution in [0.3, 0.4) is 0 Å². The van der Waals surface area contributed by atoms with E-state index in [1.165, 1.54) is 0 Å². The monoisotopic (exact) mass is 294 g/mol. The summed E-state index contributed by atoms with van der Waals surface area (Å²) in [6.07, 6.45) is 0. The minimum absolute atomic E-state index is 0.00673. The van der Waals surface area contributed by atoms with Crippen molar-refractivity contribution in [3.63, 3.8) is 0 Å². The quantitative estimate of drug-likeness (QED) is 0.617. The molecule has 1 aliphatic heterocycles. The van der Waals surface area contributed by atoms with Crippen molar-refractivity contribution >= 4 is 33.0 Å². The van der Waals surface area contributed by atoms with Gasteiger partial charge in [-0.2, -0.15) is 4.39 Å². The second-order valence-corrected chi connectivity index (χ2v) is 5.99. The van der Waals surface area contributed by atoms with Crippen LogP contribution < -0.4 is 4.31 Å². The Morgan fingerprint density at radius 1 is 1.61 bits per heavy atom. The van der Waals surface area contributed by atoms with Crippen LogP contribution in [-0.4, -0.2) is 19.9 Å². The molecule has 9 heteroatoms. The van der Waals surface area contributed by atoms with Crippen LogP contribution in [0.1, 0.15) is 12.5 Å². The zero-order valence-electron chi connectivity index (χ0n) is 9.18. The standard InChI is InChI=1S/C9H8ClFN2O4S/c1-2-12-8-5(4-18(12,16)17)9(13(14)15)7(11)3-6(8)10/h3H,2,4H2,1H3. The predicted octanol–water partition coefficient (Wildman–Crippen LogP) is 2.06. The molecule has 1 heterocycles. The van der Waals surface area contributed by atoms with Crippen molar-refractivity contribution in [1.29, 1.82) is 0 Å². The van der Waals surface area contributed by atoms with Crippen molar-refractivity contribution in [2.24, 2.45) is 0 Å². The van der Waals surface area contributed by atoms with Crippen LogP contribution in [0.25, 0.3) is 0 Å². The lowest BCUT2D eigenvalue weighted by Crippen LogP contribution is -2.26. The second kappa shape index (κ2) is 4.06. The average molecular weight is 295 g/mol. The molecule has 0 amide bonds. The number of benzene rings is 1. The number of hydrogen-bond donors (Lipinski definition) is 0. The van der Waals surface area contributed by atoms with Gasteiger partial charge in [0.25, 0.3) is 0 Å². The number of rotatable bonds is 2. The van der Waals surface area contributed by atoms with E-state index in [9.17, 15) is 22.9 Å². The van der Waals surface area contributed by atoms with Gasteiger partial charge >= 0.3 is 5.69 Å². The van der Waals surface area contributed by atoms with Crippen LogP contribution in [0, 0.1) is 15.9 Å². The molecular weight excluding hydrogens is 287 g/mol. The van der Waals surface area contributed by atoms with Crippen LogP contribution >= 0.6 is 11.6 Å². The van der Waals surface area contributed by atoms with Crippen LogP contribution in [0.2, 0.25) is 5.02 Å². The van der Waals surface area contributed by atoms with Crippen molar-refractivity contribution < 1.29 is 17.7 Å². The maximum atomic E-state index is 13.5. The summed E-state index contributed by atoms with van der Waals surface area (Å²) in [5.74, 6) is -1.74. The van der Waals surface area contributed by atoms with Crippen molar-refractivity contribution in [2.75, 3.05) is 10.8 Å². The van der Waals surface area contributed by atoms with Gasteiger partial charge in [-0.15, -0.1) is 0 Å². The van der Waals surface area contributed by atoms with Crippen LogP contribution in [-0.2, 0) is 15.8 Å². The molecule has 0 aliphatic carbocycles. The summed E-state index contributed by atoms with van der Waals surface area (Å²) >= 11 is 5.78. The Balaban J connectivity index is 2.83. The summed E-state index contributed by atoms with van der Waals surface area (Å²) in [6, 6.07) is 0.766. The first-order chi connectivity index (χ1) is 8.29. The summed E-state index contributed by atoms with van der Waals surface area (Å²) in [4.78, 5) is 9.88. The van der Waals surface area contributed by atoms with Crippen molar-refractivity contribution in [3.8, 4) is 0 Å². The highest BCUT2D eigenvalue weighted by atomic mass is 35.5. The Labute approximate surface area is 107 Å². The van der Waals surface area contributed by atoms with Gasteiger partial charge in [-0.05, 0) is 6.92 Å². The Hall–Kier alpha value is -1.41. The molecule has 1 aliphatic rings. The first kappa shape index (κ1) is 13.0. The van der Waals surface area contributed by atoms with E-state index in [4.69, 9.17) is 11.6 Å². The number of sulfonamides is 1. The smallest absolute Gasteiger partial charge is 0.268 e. The van der Waals surface area contributed by atoms with Gasteiger partial charge in [0.2, 0.25) is 15.8 Å². The number of nitrogens with zero attached hydrogens (tertiary/aromatic N) is 2. The lowest BCUT2D eigenvalue weighted by atomic mass is 10.1. The second-order valence-electron chi connectivity index (χ2n) is 3.69. The first-order valence-corrected chi connectivity index (χ1v) is 6.94. The SMILES string of the molecule is CCN1c2c(Cl)cc(F)c([N+](=O)[O-])c2CS1(=O)=O. The third kappa shape index (κ3) is 1.72. The van der Waals surface area contributed by atoms with Gasteiger partial charge in [-0.3, -0.25) is 14.4 Å². The van der Waals surface area contributed by atoms with Crippen molar-refractivity contribution in [3.05, 3.63) is 32.6 Å². The Morgan fingerprint density at radius 2 is 2.22 bits per heavy atom. The van der Waals surface area contributed by atoms with E-state index in [0.29, 0.717) is 0 Å². The van der Waals surface area contributed by atoms with E-state index in [1.807, 2.05) is 0 Å². The van der Waals surface area contributed by atoms with Gasteiger partial charge in [0.1, 0.15) is 5.75 Å². The molecule has 0 spiro atoms. The zero-order chi connectivity index (χ0) is 13.7. The number of hydrogen-bond acceptors (Lipinski definition) is 4. The van der Waals surface area contributed by atoms with E-state index in [0.717, 1.165) is 10.4 Å². The topological polar surface area (TPSA) is 80.5 Å². The van der Waals surface area contributed by atoms with E-state index in [-0.39, 0.29) is 22.8 Å². The van der Waals surface area contributed by atoms with E-state index in [2.05, 4.69) is 0 Å². The molecule has 0 bridgehead atoms. The maximum Gasteiger partial charge on any atom is 0.311 e. The highest BCUT2D eigenvalue weighted by Crippen LogP contribution is 2.45. The van der Waals surface area contributed by atoms with Crippen molar-refractivity contribution in [1.82, 2.24) is 0 Å². The summed E-state index contributed by atoms with van der Waals surface area (Å²) in [6.45, 7) is 1.65. The molecule has 1 aromatic rings. The van der Waals surface area contributed by atoms with Crippen LogP contribution in [0.15, 0.2) is 6.07 Å². The number of nitro benzene ring substituents is 1. The third-order valence-corrected chi connectivity index (χ3v) is 4.71. The Bertz CT molecular complexity index is 646. The fourth-order valence-electron chi connectivity index (χ4n) is 2.01. The van der Waals surface area contributed by atoms with E-state index in [1.54, 1.807) is 6.92 Å². The summed E-state index contributed by atoms with van der Waals surface area (Å²) in [7, 11) is -3.71. The number of fused-ring (bicyclic) bond motifs is 1. The molecule has 0 saturated carbocycles. The summed E-state index contributed by atoms with van der Waals surface area (Å²) < 4.78 is 38.1. The fourth-order valence-corrected chi connectivity index (χ4v) is 4.04. The van der Waals surface area contributed by atoms with Gasteiger partial charge in [-0.25, -0.2) is 8.42 Å². The van der Waals surface area contributed by atoms with Gasteiger partial charge in [0.05, 0.1) is 21.2 Å². The molecule has 6 nitrogen and oxygen atoms in total. The molecule has 1 aromatic carbocycles. The molecule has 0 saturated heterocycles. The van der Waals surface area contributed by atoms with Gasteiger partial charge < -0.3 is 0 Å². The molecule has 0 radical (unpaired) electrons. The van der Waals surface area contributed by atoms with Crippen molar-refractivity contribution in [2.45, 2.75) is 12.7 Å².